The van der Waals surface area contributed by atoms with Crippen LogP contribution in [0.4, 0.5) is 0 Å². The van der Waals surface area contributed by atoms with Crippen LogP contribution in [-0.2, 0) is 4.79 Å². The predicted octanol–water partition coefficient (Wildman–Crippen LogP) is 4.69. The minimum absolute atomic E-state index is 0.0429. The summed E-state index contributed by atoms with van der Waals surface area (Å²) in [5.74, 6) is -0.528. The third kappa shape index (κ3) is 3.74. The van der Waals surface area contributed by atoms with E-state index in [2.05, 4.69) is 0 Å². The fraction of sp³-hybridized carbons (Fsp3) is 0.160. The largest absolute Gasteiger partial charge is 0.478 e. The van der Waals surface area contributed by atoms with Crippen LogP contribution in [0.5, 0.6) is 5.75 Å². The number of carboxylic acid groups (broad SMARTS) is 1. The van der Waals surface area contributed by atoms with Crippen LogP contribution >= 0.6 is 0 Å². The van der Waals surface area contributed by atoms with Gasteiger partial charge in [0.2, 0.25) is 0 Å². The van der Waals surface area contributed by atoms with E-state index >= 15 is 0 Å². The van der Waals surface area contributed by atoms with Gasteiger partial charge in [0.25, 0.3) is 6.47 Å². The molecule has 0 bridgehead atoms. The molecule has 5 heteroatoms. The number of aromatic carboxylic acids is 1. The summed E-state index contributed by atoms with van der Waals surface area (Å²) in [6.45, 7) is 0.382. The van der Waals surface area contributed by atoms with Crippen LogP contribution in [0.2, 0.25) is 0 Å². The van der Waals surface area contributed by atoms with E-state index < -0.39 is 5.97 Å². The molecule has 0 unspecified atom stereocenters. The lowest BCUT2D eigenvalue weighted by Crippen LogP contribution is -2.38. The van der Waals surface area contributed by atoms with E-state index in [-0.39, 0.29) is 29.1 Å². The van der Waals surface area contributed by atoms with Gasteiger partial charge in [0.1, 0.15) is 5.75 Å². The van der Waals surface area contributed by atoms with Gasteiger partial charge in [0.05, 0.1) is 5.56 Å². The van der Waals surface area contributed by atoms with Crippen molar-refractivity contribution in [2.75, 3.05) is 0 Å². The van der Waals surface area contributed by atoms with E-state index in [0.717, 1.165) is 11.1 Å². The van der Waals surface area contributed by atoms with E-state index in [9.17, 15) is 14.4 Å². The van der Waals surface area contributed by atoms with Crippen molar-refractivity contribution in [3.8, 4) is 5.75 Å². The molecule has 0 spiro atoms. The van der Waals surface area contributed by atoms with Crippen molar-refractivity contribution >= 4 is 18.2 Å². The smallest absolute Gasteiger partial charge is 0.335 e. The number of benzene rings is 3. The van der Waals surface area contributed by atoms with Crippen molar-refractivity contribution in [2.45, 2.75) is 18.3 Å². The molecule has 0 aliphatic heterocycles. The molecule has 150 valence electrons. The summed E-state index contributed by atoms with van der Waals surface area (Å²) in [7, 11) is 0. The summed E-state index contributed by atoms with van der Waals surface area (Å²) in [5, 5.41) is 9.14. The fourth-order valence-electron chi connectivity index (χ4n) is 4.24. The Morgan fingerprint density at radius 3 is 2.07 bits per heavy atom. The van der Waals surface area contributed by atoms with E-state index in [1.54, 1.807) is 24.3 Å². The molecular weight excluding hydrogens is 380 g/mol. The van der Waals surface area contributed by atoms with Crippen molar-refractivity contribution < 1.29 is 24.2 Å². The number of rotatable bonds is 7. The molecule has 3 aromatic rings. The van der Waals surface area contributed by atoms with Crippen LogP contribution in [0.25, 0.3) is 0 Å². The highest BCUT2D eigenvalue weighted by atomic mass is 16.5. The Labute approximate surface area is 173 Å². The molecule has 30 heavy (non-hydrogen) atoms. The van der Waals surface area contributed by atoms with Crippen LogP contribution < -0.4 is 4.74 Å². The maximum Gasteiger partial charge on any atom is 0.335 e. The van der Waals surface area contributed by atoms with Gasteiger partial charge in [0, 0.05) is 17.4 Å². The molecule has 0 saturated heterocycles. The average Bonchev–Trinajstić information content (AvgIpc) is 2.75. The van der Waals surface area contributed by atoms with Crippen molar-refractivity contribution in [3.05, 3.63) is 101 Å². The number of carbonyl (C=O) groups excluding carboxylic acids is 2. The number of ketones is 1. The van der Waals surface area contributed by atoms with Gasteiger partial charge in [0.15, 0.2) is 5.78 Å². The molecule has 5 nitrogen and oxygen atoms in total. The first-order valence-electron chi connectivity index (χ1n) is 9.71. The minimum atomic E-state index is -0.963. The lowest BCUT2D eigenvalue weighted by Gasteiger charge is -2.45. The first kappa shape index (κ1) is 19.6. The van der Waals surface area contributed by atoms with Crippen molar-refractivity contribution in [2.24, 2.45) is 5.92 Å². The van der Waals surface area contributed by atoms with E-state index in [0.29, 0.717) is 24.2 Å². The number of carboxylic acids is 1. The third-order valence-electron chi connectivity index (χ3n) is 5.80. The molecule has 1 fully saturated rings. The lowest BCUT2D eigenvalue weighted by atomic mass is 9.57. The number of hydrogen-bond donors (Lipinski definition) is 1. The monoisotopic (exact) mass is 400 g/mol. The molecule has 1 saturated carbocycles. The molecule has 1 aliphatic carbocycles. The summed E-state index contributed by atoms with van der Waals surface area (Å²) in [6.07, 6.45) is 0.692. The number of ether oxygens (including phenoxy) is 1. The van der Waals surface area contributed by atoms with Crippen molar-refractivity contribution in [3.63, 3.8) is 0 Å². The SMILES string of the molecule is O=COc1ccc([C@@H]2[C@@H](C(=O)c3ccccc3)C[C@@H]2c2ccc(C(=O)O)cc2)cc1. The maximum absolute atomic E-state index is 13.2. The molecule has 0 heterocycles. The molecule has 1 aliphatic rings. The first-order valence-corrected chi connectivity index (χ1v) is 9.71. The van der Waals surface area contributed by atoms with Crippen LogP contribution in [-0.4, -0.2) is 23.3 Å². The summed E-state index contributed by atoms with van der Waals surface area (Å²) < 4.78 is 4.88. The molecule has 0 radical (unpaired) electrons. The summed E-state index contributed by atoms with van der Waals surface area (Å²) in [6, 6.07) is 23.3. The van der Waals surface area contributed by atoms with Gasteiger partial charge in [-0.1, -0.05) is 54.6 Å². The number of carbonyl (C=O) groups is 3. The van der Waals surface area contributed by atoms with Crippen LogP contribution in [0.1, 0.15) is 50.1 Å². The summed E-state index contributed by atoms with van der Waals surface area (Å²) in [5.41, 5.74) is 2.92. The van der Waals surface area contributed by atoms with Crippen LogP contribution in [0.15, 0.2) is 78.9 Å². The molecule has 3 aromatic carbocycles. The quantitative estimate of drug-likeness (QED) is 0.460. The Kier molecular flexibility index (Phi) is 5.44. The molecule has 1 N–H and O–H groups in total. The molecule has 3 atom stereocenters. The van der Waals surface area contributed by atoms with E-state index in [4.69, 9.17) is 9.84 Å². The second kappa shape index (κ2) is 8.33. The van der Waals surface area contributed by atoms with Crippen molar-refractivity contribution in [1.82, 2.24) is 0 Å². The van der Waals surface area contributed by atoms with Gasteiger partial charge in [-0.25, -0.2) is 4.79 Å². The highest BCUT2D eigenvalue weighted by Crippen LogP contribution is 2.54. The average molecular weight is 400 g/mol. The second-order valence-corrected chi connectivity index (χ2v) is 7.42. The van der Waals surface area contributed by atoms with Crippen LogP contribution in [0.3, 0.4) is 0 Å². The fourth-order valence-corrected chi connectivity index (χ4v) is 4.24. The molecule has 0 aromatic heterocycles. The Morgan fingerprint density at radius 2 is 1.47 bits per heavy atom. The second-order valence-electron chi connectivity index (χ2n) is 7.42. The number of hydrogen-bond acceptors (Lipinski definition) is 4. The topological polar surface area (TPSA) is 80.7 Å². The molecule has 4 rings (SSSR count). The van der Waals surface area contributed by atoms with Gasteiger partial charge in [-0.3, -0.25) is 9.59 Å². The molecule has 0 amide bonds. The van der Waals surface area contributed by atoms with E-state index in [1.807, 2.05) is 54.6 Å². The molecular formula is C25H20O5. The minimum Gasteiger partial charge on any atom is -0.478 e. The van der Waals surface area contributed by atoms with Gasteiger partial charge in [-0.05, 0) is 47.7 Å². The van der Waals surface area contributed by atoms with Crippen molar-refractivity contribution in [1.29, 1.82) is 0 Å². The highest BCUT2D eigenvalue weighted by molar-refractivity contribution is 5.99. The van der Waals surface area contributed by atoms with Gasteiger partial charge >= 0.3 is 5.97 Å². The third-order valence-corrected chi connectivity index (χ3v) is 5.80. The number of Topliss-reactive ketones (excluding diaryl/α,β-unsaturated/α-hetero) is 1. The van der Waals surface area contributed by atoms with E-state index in [1.165, 1.54) is 0 Å². The predicted molar refractivity (Wildman–Crippen MR) is 111 cm³/mol. The maximum atomic E-state index is 13.2. The zero-order valence-electron chi connectivity index (χ0n) is 16.1. The lowest BCUT2D eigenvalue weighted by molar-refractivity contribution is -0.120. The Hall–Kier alpha value is -3.73. The Bertz CT molecular complexity index is 1050. The zero-order chi connectivity index (χ0) is 21.1. The zero-order valence-corrected chi connectivity index (χ0v) is 16.1. The Morgan fingerprint density at radius 1 is 0.833 bits per heavy atom. The van der Waals surface area contributed by atoms with Gasteiger partial charge in [-0.15, -0.1) is 0 Å². The normalized spacial score (nSPS) is 20.1. The first-order chi connectivity index (χ1) is 14.6. The van der Waals surface area contributed by atoms with Gasteiger partial charge in [-0.2, -0.15) is 0 Å². The van der Waals surface area contributed by atoms with Crippen LogP contribution in [0, 0.1) is 5.92 Å². The standard InChI is InChI=1S/C25H20O5/c26-15-30-20-12-10-17(11-13-20)23-21(16-6-8-19(9-7-16)25(28)29)14-22(23)24(27)18-4-2-1-3-5-18/h1-13,15,21-23H,14H2,(H,28,29)/t21-,22+,23+/m1/s1. The highest BCUT2D eigenvalue weighted by Gasteiger charge is 2.46. The van der Waals surface area contributed by atoms with Gasteiger partial charge < -0.3 is 9.84 Å². The Balaban J connectivity index is 1.65. The summed E-state index contributed by atoms with van der Waals surface area (Å²) >= 11 is 0. The summed E-state index contributed by atoms with van der Waals surface area (Å²) in [4.78, 5) is 34.9.